The standard InChI is InChI=1S/C19H18FN7O2.C11H5ClFN5O2.C8H14N2/c20-13-3-6-17-22-9-15(26(17)11-13)18-23-10-16(27(28)29)19(25-18)24-14-4-1-12(2-5-14)7-8-21;12-10-7(18(19)20)3-15-11(16-10)8-4-14-9-2-1-6(13)5-17(8)9;9-6-5-7-1-3-8(10)4-2-7/h3,6,9-12,14H,1-2,4-5,7H2,(H,23,24,25);1-5H;7-8H,1-5,10H2. The molecule has 0 bridgehead atoms. The maximum Gasteiger partial charge on any atom is 0.329 e. The number of fused-ring (bicyclic) bond motifs is 2. The lowest BCUT2D eigenvalue weighted by Crippen LogP contribution is -2.27. The fourth-order valence-electron chi connectivity index (χ4n) is 6.93. The second-order valence-electron chi connectivity index (χ2n) is 14.1. The highest BCUT2D eigenvalue weighted by atomic mass is 35.5. The van der Waals surface area contributed by atoms with Gasteiger partial charge in [-0.25, -0.2) is 38.7 Å². The van der Waals surface area contributed by atoms with Gasteiger partial charge in [0.2, 0.25) is 11.0 Å². The first-order valence-corrected chi connectivity index (χ1v) is 19.0. The number of anilines is 1. The van der Waals surface area contributed by atoms with Crippen molar-refractivity contribution < 1.29 is 18.6 Å². The van der Waals surface area contributed by atoms with Crippen molar-refractivity contribution in [2.75, 3.05) is 5.32 Å². The normalized spacial score (nSPS) is 18.7. The molecule has 0 saturated heterocycles. The van der Waals surface area contributed by atoms with Gasteiger partial charge in [-0.1, -0.05) is 11.6 Å². The number of rotatable bonds is 8. The average Bonchev–Trinajstić information content (AvgIpc) is 3.84. The van der Waals surface area contributed by atoms with E-state index in [2.05, 4.69) is 47.4 Å². The molecule has 3 N–H and O–H groups in total. The number of halogens is 3. The Morgan fingerprint density at radius 1 is 0.729 bits per heavy atom. The van der Waals surface area contributed by atoms with Crippen molar-refractivity contribution in [1.29, 1.82) is 10.5 Å². The molecule has 6 aromatic heterocycles. The van der Waals surface area contributed by atoms with E-state index in [4.69, 9.17) is 27.9 Å². The molecule has 0 unspecified atom stereocenters. The van der Waals surface area contributed by atoms with Gasteiger partial charge in [0.15, 0.2) is 11.6 Å². The fraction of sp³-hybridized carbons (Fsp3) is 0.368. The first kappa shape index (κ1) is 41.9. The van der Waals surface area contributed by atoms with E-state index >= 15 is 0 Å². The van der Waals surface area contributed by atoms with E-state index in [-0.39, 0.29) is 34.3 Å². The number of imidazole rings is 2. The molecule has 6 aromatic rings. The van der Waals surface area contributed by atoms with Crippen molar-refractivity contribution in [2.45, 2.75) is 76.3 Å². The number of nitriles is 2. The average molecular weight is 827 g/mol. The topological polar surface area (TPSA) is 258 Å². The molecule has 6 heterocycles. The number of nitrogens with zero attached hydrogens (tertiary/aromatic N) is 12. The van der Waals surface area contributed by atoms with E-state index in [1.165, 1.54) is 57.9 Å². The molecule has 2 saturated carbocycles. The summed E-state index contributed by atoms with van der Waals surface area (Å²) in [6.45, 7) is 0. The van der Waals surface area contributed by atoms with Crippen LogP contribution in [0.2, 0.25) is 5.15 Å². The Bertz CT molecular complexity index is 2540. The summed E-state index contributed by atoms with van der Waals surface area (Å²) in [7, 11) is 0. The van der Waals surface area contributed by atoms with Crippen molar-refractivity contribution in [2.24, 2.45) is 17.6 Å². The van der Waals surface area contributed by atoms with E-state index < -0.39 is 27.2 Å². The minimum absolute atomic E-state index is 0.0334. The third kappa shape index (κ3) is 10.4. The first-order chi connectivity index (χ1) is 28.4. The van der Waals surface area contributed by atoms with Crippen molar-refractivity contribution in [3.63, 3.8) is 0 Å². The number of nitrogens with one attached hydrogen (secondary N) is 1. The van der Waals surface area contributed by atoms with E-state index in [1.807, 2.05) is 0 Å². The summed E-state index contributed by atoms with van der Waals surface area (Å²) in [5, 5.41) is 42.2. The van der Waals surface area contributed by atoms with Crippen LogP contribution in [0.25, 0.3) is 34.3 Å². The molecule has 0 spiro atoms. The van der Waals surface area contributed by atoms with Crippen LogP contribution in [-0.2, 0) is 0 Å². The summed E-state index contributed by atoms with van der Waals surface area (Å²) in [4.78, 5) is 45.3. The highest BCUT2D eigenvalue weighted by Gasteiger charge is 2.26. The lowest BCUT2D eigenvalue weighted by molar-refractivity contribution is -0.385. The maximum absolute atomic E-state index is 13.6. The summed E-state index contributed by atoms with van der Waals surface area (Å²) in [6, 6.07) is 10.5. The summed E-state index contributed by atoms with van der Waals surface area (Å²) in [6.07, 6.45) is 16.8. The zero-order valence-electron chi connectivity index (χ0n) is 31.4. The molecule has 2 aliphatic carbocycles. The van der Waals surface area contributed by atoms with Gasteiger partial charge in [0, 0.05) is 37.3 Å². The second-order valence-corrected chi connectivity index (χ2v) is 14.5. The lowest BCUT2D eigenvalue weighted by atomic mass is 9.84. The molecule has 0 radical (unpaired) electrons. The summed E-state index contributed by atoms with van der Waals surface area (Å²) >= 11 is 5.73. The Labute approximate surface area is 340 Å². The third-order valence-corrected chi connectivity index (χ3v) is 10.4. The zero-order chi connectivity index (χ0) is 42.1. The van der Waals surface area contributed by atoms with Crippen molar-refractivity contribution in [3.8, 4) is 35.2 Å². The predicted octanol–water partition coefficient (Wildman–Crippen LogP) is 7.63. The zero-order valence-corrected chi connectivity index (χ0v) is 32.1. The molecule has 0 atom stereocenters. The highest BCUT2D eigenvalue weighted by Crippen LogP contribution is 2.32. The molecule has 0 amide bonds. The SMILES string of the molecule is N#CCC1CCC(N)CC1.N#CCC1CCC(Nc2nc(-c3cnc4ccc(F)cn34)ncc2[N+](=O)[O-])CC1.O=[N+]([O-])c1cnc(-c2cnc3ccc(F)cn23)nc1Cl. The molecule has 2 aliphatic rings. The van der Waals surface area contributed by atoms with Crippen LogP contribution < -0.4 is 11.1 Å². The van der Waals surface area contributed by atoms with Crippen LogP contribution in [0, 0.1) is 66.4 Å². The number of nitrogens with two attached hydrogens (primary N) is 1. The highest BCUT2D eigenvalue weighted by molar-refractivity contribution is 6.31. The Morgan fingerprint density at radius 3 is 1.68 bits per heavy atom. The van der Waals surface area contributed by atoms with Crippen LogP contribution in [0.5, 0.6) is 0 Å². The van der Waals surface area contributed by atoms with Crippen LogP contribution in [0.1, 0.15) is 64.2 Å². The number of aromatic nitrogens is 8. The molecule has 304 valence electrons. The van der Waals surface area contributed by atoms with E-state index in [1.54, 1.807) is 0 Å². The van der Waals surface area contributed by atoms with Gasteiger partial charge in [-0.15, -0.1) is 0 Å². The van der Waals surface area contributed by atoms with Gasteiger partial charge in [-0.2, -0.15) is 10.5 Å². The third-order valence-electron chi connectivity index (χ3n) is 10.1. The number of hydrogen-bond acceptors (Lipinski definition) is 14. The Balaban J connectivity index is 0.000000168. The molecule has 21 heteroatoms. The summed E-state index contributed by atoms with van der Waals surface area (Å²) in [5.41, 5.74) is 6.95. The number of nitro groups is 2. The molecule has 0 aromatic carbocycles. The summed E-state index contributed by atoms with van der Waals surface area (Å²) in [5.74, 6) is 0.603. The molecule has 59 heavy (non-hydrogen) atoms. The Hall–Kier alpha value is -6.77. The van der Waals surface area contributed by atoms with Crippen molar-refractivity contribution >= 4 is 40.1 Å². The van der Waals surface area contributed by atoms with E-state index in [0.29, 0.717) is 47.0 Å². The van der Waals surface area contributed by atoms with Gasteiger partial charge in [-0.05, 0) is 87.5 Å². The van der Waals surface area contributed by atoms with Crippen LogP contribution in [0.15, 0.2) is 61.4 Å². The van der Waals surface area contributed by atoms with Gasteiger partial charge in [0.25, 0.3) is 0 Å². The molecular weight excluding hydrogens is 790 g/mol. The molecule has 0 aliphatic heterocycles. The molecule has 8 rings (SSSR count). The van der Waals surface area contributed by atoms with Gasteiger partial charge in [-0.3, -0.25) is 29.0 Å². The number of pyridine rings is 2. The van der Waals surface area contributed by atoms with Gasteiger partial charge in [0.1, 0.15) is 46.7 Å². The van der Waals surface area contributed by atoms with Crippen LogP contribution in [0.3, 0.4) is 0 Å². The Morgan fingerprint density at radius 2 is 1.20 bits per heavy atom. The van der Waals surface area contributed by atoms with E-state index in [9.17, 15) is 29.0 Å². The predicted molar refractivity (Wildman–Crippen MR) is 210 cm³/mol. The number of hydrogen-bond donors (Lipinski definition) is 2. The molecular formula is C38H37ClF2N14O4. The van der Waals surface area contributed by atoms with Crippen LogP contribution >= 0.6 is 11.6 Å². The minimum Gasteiger partial charge on any atom is -0.361 e. The first-order valence-electron chi connectivity index (χ1n) is 18.6. The van der Waals surface area contributed by atoms with Crippen molar-refractivity contribution in [3.05, 3.63) is 98.5 Å². The second kappa shape index (κ2) is 19.1. The maximum atomic E-state index is 13.6. The quantitative estimate of drug-likeness (QED) is 0.0849. The van der Waals surface area contributed by atoms with Crippen LogP contribution in [-0.4, -0.2) is 60.6 Å². The van der Waals surface area contributed by atoms with Gasteiger partial charge >= 0.3 is 11.4 Å². The van der Waals surface area contributed by atoms with Gasteiger partial charge < -0.3 is 11.1 Å². The molecule has 2 fully saturated rings. The molecule has 18 nitrogen and oxygen atoms in total. The van der Waals surface area contributed by atoms with Crippen LogP contribution in [0.4, 0.5) is 26.0 Å². The lowest BCUT2D eigenvalue weighted by Gasteiger charge is -2.28. The minimum atomic E-state index is -0.680. The van der Waals surface area contributed by atoms with Gasteiger partial charge in [0.05, 0.1) is 34.4 Å². The van der Waals surface area contributed by atoms with E-state index in [0.717, 1.165) is 70.2 Å². The Kier molecular flexibility index (Phi) is 13.6. The fourth-order valence-corrected chi connectivity index (χ4v) is 7.13. The van der Waals surface area contributed by atoms with Crippen molar-refractivity contribution in [1.82, 2.24) is 38.7 Å². The monoisotopic (exact) mass is 826 g/mol. The summed E-state index contributed by atoms with van der Waals surface area (Å²) < 4.78 is 29.8. The smallest absolute Gasteiger partial charge is 0.329 e. The largest absolute Gasteiger partial charge is 0.361 e.